The van der Waals surface area contributed by atoms with Crippen molar-refractivity contribution in [3.63, 3.8) is 0 Å². The molecule has 8 aromatic carbocycles. The van der Waals surface area contributed by atoms with Crippen molar-refractivity contribution in [2.24, 2.45) is 0 Å². The standard InChI is InChI=1S/C51H36N2/c1-35-32-40(34-41(33-35)52-48-18-8-3-13-43(48)44-14-4-9-19-49(44)52)38-28-24-36(25-29-38)22-23-37-26-30-39(31-27-37)42-12-2-7-17-47(42)53-50-20-10-5-15-45(50)46-16-6-11-21-51(46)53/h2-34H,1H3/b23-22+. The van der Waals surface area contributed by atoms with Gasteiger partial charge in [-0.1, -0.05) is 158 Å². The van der Waals surface area contributed by atoms with Crippen LogP contribution in [0.4, 0.5) is 0 Å². The van der Waals surface area contributed by atoms with Crippen LogP contribution >= 0.6 is 0 Å². The summed E-state index contributed by atoms with van der Waals surface area (Å²) in [6, 6.07) is 68.2. The van der Waals surface area contributed by atoms with Crippen LogP contribution < -0.4 is 0 Å². The van der Waals surface area contributed by atoms with Crippen LogP contribution in [0.1, 0.15) is 16.7 Å². The van der Waals surface area contributed by atoms with Crippen LogP contribution in [0.5, 0.6) is 0 Å². The van der Waals surface area contributed by atoms with Crippen molar-refractivity contribution in [1.29, 1.82) is 0 Å². The molecule has 10 aromatic rings. The van der Waals surface area contributed by atoms with Crippen LogP contribution in [0.2, 0.25) is 0 Å². The summed E-state index contributed by atoms with van der Waals surface area (Å²) in [5.74, 6) is 0. The van der Waals surface area contributed by atoms with Crippen molar-refractivity contribution < 1.29 is 0 Å². The second-order valence-electron chi connectivity index (χ2n) is 13.9. The molecule has 2 heterocycles. The molecule has 0 saturated carbocycles. The Bertz CT molecular complexity index is 2880. The molecule has 0 aliphatic heterocycles. The number of nitrogens with zero attached hydrogens (tertiary/aromatic N) is 2. The number of rotatable bonds is 6. The zero-order valence-corrected chi connectivity index (χ0v) is 29.4. The Morgan fingerprint density at radius 3 is 1.32 bits per heavy atom. The second kappa shape index (κ2) is 12.7. The van der Waals surface area contributed by atoms with Crippen molar-refractivity contribution in [1.82, 2.24) is 9.13 Å². The summed E-state index contributed by atoms with van der Waals surface area (Å²) < 4.78 is 4.80. The molecule has 0 fully saturated rings. The Hall–Kier alpha value is -6.90. The predicted molar refractivity (Wildman–Crippen MR) is 226 cm³/mol. The number of hydrogen-bond acceptors (Lipinski definition) is 0. The largest absolute Gasteiger partial charge is 0.309 e. The van der Waals surface area contributed by atoms with Gasteiger partial charge in [0.25, 0.3) is 0 Å². The highest BCUT2D eigenvalue weighted by molar-refractivity contribution is 6.10. The summed E-state index contributed by atoms with van der Waals surface area (Å²) in [7, 11) is 0. The van der Waals surface area contributed by atoms with Gasteiger partial charge in [-0.2, -0.15) is 0 Å². The molecule has 53 heavy (non-hydrogen) atoms. The zero-order chi connectivity index (χ0) is 35.3. The van der Waals surface area contributed by atoms with Crippen LogP contribution in [0.15, 0.2) is 188 Å². The molecule has 0 bridgehead atoms. The van der Waals surface area contributed by atoms with Crippen LogP contribution in [0.3, 0.4) is 0 Å². The van der Waals surface area contributed by atoms with E-state index >= 15 is 0 Å². The first-order valence-electron chi connectivity index (χ1n) is 18.3. The first kappa shape index (κ1) is 30.9. The molecule has 0 atom stereocenters. The van der Waals surface area contributed by atoms with Crippen molar-refractivity contribution in [2.75, 3.05) is 0 Å². The first-order valence-corrected chi connectivity index (χ1v) is 18.3. The fraction of sp³-hybridized carbons (Fsp3) is 0.0196. The summed E-state index contributed by atoms with van der Waals surface area (Å²) in [6.07, 6.45) is 4.40. The third-order valence-electron chi connectivity index (χ3n) is 10.6. The van der Waals surface area contributed by atoms with Crippen LogP contribution in [-0.4, -0.2) is 9.13 Å². The number of aryl methyl sites for hydroxylation is 1. The van der Waals surface area contributed by atoms with Gasteiger partial charge in [0.2, 0.25) is 0 Å². The lowest BCUT2D eigenvalue weighted by Gasteiger charge is -2.14. The Morgan fingerprint density at radius 1 is 0.358 bits per heavy atom. The molecule has 10 rings (SSSR count). The van der Waals surface area contributed by atoms with Crippen molar-refractivity contribution >= 4 is 55.8 Å². The highest BCUT2D eigenvalue weighted by Crippen LogP contribution is 2.37. The molecule has 0 amide bonds. The minimum absolute atomic E-state index is 1.17. The molecular weight excluding hydrogens is 641 g/mol. The number of para-hydroxylation sites is 5. The third kappa shape index (κ3) is 5.35. The van der Waals surface area contributed by atoms with E-state index in [2.05, 4.69) is 216 Å². The maximum atomic E-state index is 2.40. The minimum Gasteiger partial charge on any atom is -0.309 e. The van der Waals surface area contributed by atoms with Crippen molar-refractivity contribution in [3.8, 4) is 33.6 Å². The summed E-state index contributed by atoms with van der Waals surface area (Å²) in [6.45, 7) is 2.19. The van der Waals surface area contributed by atoms with Gasteiger partial charge in [-0.25, -0.2) is 0 Å². The molecule has 0 saturated heterocycles. The van der Waals surface area contributed by atoms with E-state index in [0.29, 0.717) is 0 Å². The van der Waals surface area contributed by atoms with Crippen molar-refractivity contribution in [2.45, 2.75) is 6.92 Å². The van der Waals surface area contributed by atoms with Gasteiger partial charge < -0.3 is 9.13 Å². The molecule has 2 heteroatoms. The molecule has 250 valence electrons. The van der Waals surface area contributed by atoms with Gasteiger partial charge >= 0.3 is 0 Å². The normalized spacial score (nSPS) is 11.8. The van der Waals surface area contributed by atoms with E-state index in [1.165, 1.54) is 93.9 Å². The molecule has 2 aromatic heterocycles. The summed E-state index contributed by atoms with van der Waals surface area (Å²) in [4.78, 5) is 0. The Kier molecular flexibility index (Phi) is 7.40. The highest BCUT2D eigenvalue weighted by atomic mass is 15.0. The summed E-state index contributed by atoms with van der Waals surface area (Å²) >= 11 is 0. The molecule has 0 spiro atoms. The quantitative estimate of drug-likeness (QED) is 0.155. The molecule has 0 aliphatic carbocycles. The van der Waals surface area contributed by atoms with E-state index in [-0.39, 0.29) is 0 Å². The van der Waals surface area contributed by atoms with Gasteiger partial charge in [0.1, 0.15) is 0 Å². The fourth-order valence-electron chi connectivity index (χ4n) is 8.11. The Morgan fingerprint density at radius 2 is 0.792 bits per heavy atom. The lowest BCUT2D eigenvalue weighted by Crippen LogP contribution is -1.96. The maximum Gasteiger partial charge on any atom is 0.0541 e. The van der Waals surface area contributed by atoms with E-state index in [1.807, 2.05) is 0 Å². The van der Waals surface area contributed by atoms with Gasteiger partial charge in [-0.3, -0.25) is 0 Å². The van der Waals surface area contributed by atoms with Crippen molar-refractivity contribution in [3.05, 3.63) is 205 Å². The molecule has 0 aliphatic rings. The topological polar surface area (TPSA) is 9.86 Å². The van der Waals surface area contributed by atoms with Crippen LogP contribution in [-0.2, 0) is 0 Å². The van der Waals surface area contributed by atoms with E-state index in [9.17, 15) is 0 Å². The molecular formula is C51H36N2. The average molecular weight is 677 g/mol. The SMILES string of the molecule is Cc1cc(-c2ccc(/C=C/c3ccc(-c4ccccc4-n4c5ccccc5c5ccccc54)cc3)cc2)cc(-n2c3ccccc3c3ccccc32)c1. The lowest BCUT2D eigenvalue weighted by atomic mass is 10.00. The number of hydrogen-bond donors (Lipinski definition) is 0. The zero-order valence-electron chi connectivity index (χ0n) is 29.4. The van der Waals surface area contributed by atoms with Gasteiger partial charge in [0.15, 0.2) is 0 Å². The third-order valence-corrected chi connectivity index (χ3v) is 10.6. The minimum atomic E-state index is 1.17. The van der Waals surface area contributed by atoms with Gasteiger partial charge in [0.05, 0.1) is 27.8 Å². The maximum absolute atomic E-state index is 2.40. The predicted octanol–water partition coefficient (Wildman–Crippen LogP) is 13.7. The number of fused-ring (bicyclic) bond motifs is 6. The second-order valence-corrected chi connectivity index (χ2v) is 13.9. The summed E-state index contributed by atoms with van der Waals surface area (Å²) in [5, 5.41) is 5.10. The molecule has 0 unspecified atom stereocenters. The number of benzene rings is 8. The van der Waals surface area contributed by atoms with Crippen LogP contribution in [0.25, 0.3) is 89.4 Å². The smallest absolute Gasteiger partial charge is 0.0541 e. The lowest BCUT2D eigenvalue weighted by molar-refractivity contribution is 1.17. The molecule has 0 N–H and O–H groups in total. The summed E-state index contributed by atoms with van der Waals surface area (Å²) in [5.41, 5.74) is 15.7. The van der Waals surface area contributed by atoms with Gasteiger partial charge in [0, 0.05) is 32.8 Å². The van der Waals surface area contributed by atoms with Gasteiger partial charge in [-0.15, -0.1) is 0 Å². The molecule has 0 radical (unpaired) electrons. The Labute approximate surface area is 309 Å². The van der Waals surface area contributed by atoms with E-state index in [1.54, 1.807) is 0 Å². The van der Waals surface area contributed by atoms with E-state index in [4.69, 9.17) is 0 Å². The highest BCUT2D eigenvalue weighted by Gasteiger charge is 2.15. The molecule has 2 nitrogen and oxygen atoms in total. The average Bonchev–Trinajstić information content (AvgIpc) is 3.73. The van der Waals surface area contributed by atoms with E-state index in [0.717, 1.165) is 0 Å². The monoisotopic (exact) mass is 676 g/mol. The fourth-order valence-corrected chi connectivity index (χ4v) is 8.11. The number of aromatic nitrogens is 2. The van der Waals surface area contributed by atoms with Crippen LogP contribution in [0, 0.1) is 6.92 Å². The first-order chi connectivity index (χ1) is 26.2. The van der Waals surface area contributed by atoms with Gasteiger partial charge in [-0.05, 0) is 82.8 Å². The van der Waals surface area contributed by atoms with E-state index < -0.39 is 0 Å². The Balaban J connectivity index is 0.928.